The summed E-state index contributed by atoms with van der Waals surface area (Å²) in [4.78, 5) is 7.15. The van der Waals surface area contributed by atoms with Crippen molar-refractivity contribution in [1.82, 2.24) is 14.6 Å². The average Bonchev–Trinajstić information content (AvgIpc) is 3.00. The van der Waals surface area contributed by atoms with Crippen LogP contribution < -0.4 is 4.90 Å². The fourth-order valence-corrected chi connectivity index (χ4v) is 3.86. The van der Waals surface area contributed by atoms with Gasteiger partial charge < -0.3 is 4.90 Å². The normalized spacial score (nSPS) is 25.5. The summed E-state index contributed by atoms with van der Waals surface area (Å²) >= 11 is 0. The second-order valence-corrected chi connectivity index (χ2v) is 6.00. The molecule has 2 aliphatic heterocycles. The molecular formula is C16H20N4. The SMILES string of the molecule is CC=C1CC2CCC(C1)N2c1cc(C)nc2ccnn12. The molecule has 2 atom stereocenters. The summed E-state index contributed by atoms with van der Waals surface area (Å²) in [6, 6.07) is 5.44. The van der Waals surface area contributed by atoms with E-state index in [0.717, 1.165) is 11.3 Å². The average molecular weight is 268 g/mol. The first-order valence-corrected chi connectivity index (χ1v) is 7.50. The molecule has 4 heteroatoms. The first-order chi connectivity index (χ1) is 9.76. The molecule has 2 fully saturated rings. The lowest BCUT2D eigenvalue weighted by atomic mass is 9.96. The molecule has 0 aliphatic carbocycles. The highest BCUT2D eigenvalue weighted by Gasteiger charge is 2.39. The zero-order valence-corrected chi connectivity index (χ0v) is 12.1. The molecule has 2 aliphatic rings. The minimum absolute atomic E-state index is 0.633. The Balaban J connectivity index is 1.82. The first-order valence-electron chi connectivity index (χ1n) is 7.50. The van der Waals surface area contributed by atoms with Crippen molar-refractivity contribution in [3.8, 4) is 0 Å². The molecule has 2 aromatic heterocycles. The van der Waals surface area contributed by atoms with E-state index in [1.807, 2.05) is 16.8 Å². The predicted molar refractivity (Wildman–Crippen MR) is 80.0 cm³/mol. The standard InChI is InChI=1S/C16H20N4/c1-3-12-9-13-4-5-14(10-12)19(13)16-8-11(2)18-15-6-7-17-20(15)16/h3,6-8,13-14H,4-5,9-10H2,1-2H3. The molecular weight excluding hydrogens is 248 g/mol. The van der Waals surface area contributed by atoms with E-state index in [1.54, 1.807) is 5.57 Å². The van der Waals surface area contributed by atoms with E-state index in [2.05, 4.69) is 41.0 Å². The smallest absolute Gasteiger partial charge is 0.157 e. The number of allylic oxidation sites excluding steroid dienone is 1. The van der Waals surface area contributed by atoms with E-state index in [1.165, 1.54) is 31.5 Å². The Morgan fingerprint density at radius 3 is 2.70 bits per heavy atom. The van der Waals surface area contributed by atoms with Crippen LogP contribution in [0.15, 0.2) is 30.0 Å². The monoisotopic (exact) mass is 268 g/mol. The fourth-order valence-electron chi connectivity index (χ4n) is 3.86. The Hall–Kier alpha value is -1.84. The summed E-state index contributed by atoms with van der Waals surface area (Å²) < 4.78 is 2.00. The molecule has 0 radical (unpaired) electrons. The van der Waals surface area contributed by atoms with Gasteiger partial charge in [0, 0.05) is 29.9 Å². The molecule has 2 unspecified atom stereocenters. The molecule has 4 heterocycles. The number of hydrogen-bond donors (Lipinski definition) is 0. The van der Waals surface area contributed by atoms with E-state index < -0.39 is 0 Å². The quantitative estimate of drug-likeness (QED) is 0.745. The van der Waals surface area contributed by atoms with Crippen LogP contribution in [0.25, 0.3) is 5.65 Å². The van der Waals surface area contributed by atoms with Crippen LogP contribution in [0.1, 0.15) is 38.3 Å². The van der Waals surface area contributed by atoms with Gasteiger partial charge in [-0.15, -0.1) is 0 Å². The van der Waals surface area contributed by atoms with Gasteiger partial charge in [0.05, 0.1) is 6.20 Å². The van der Waals surface area contributed by atoms with Gasteiger partial charge in [0.1, 0.15) is 5.82 Å². The van der Waals surface area contributed by atoms with E-state index in [-0.39, 0.29) is 0 Å². The lowest BCUT2D eigenvalue weighted by molar-refractivity contribution is 0.537. The topological polar surface area (TPSA) is 33.4 Å². The van der Waals surface area contributed by atoms with Crippen molar-refractivity contribution in [2.24, 2.45) is 0 Å². The molecule has 20 heavy (non-hydrogen) atoms. The molecule has 0 amide bonds. The van der Waals surface area contributed by atoms with Crippen LogP contribution in [0.2, 0.25) is 0 Å². The van der Waals surface area contributed by atoms with Gasteiger partial charge in [-0.2, -0.15) is 9.61 Å². The number of nitrogens with zero attached hydrogens (tertiary/aromatic N) is 4. The zero-order valence-electron chi connectivity index (χ0n) is 12.1. The first kappa shape index (κ1) is 11.9. The van der Waals surface area contributed by atoms with Gasteiger partial charge in [0.25, 0.3) is 0 Å². The van der Waals surface area contributed by atoms with Gasteiger partial charge in [0.2, 0.25) is 0 Å². The maximum absolute atomic E-state index is 4.56. The minimum atomic E-state index is 0.633. The van der Waals surface area contributed by atoms with Gasteiger partial charge >= 0.3 is 0 Å². The predicted octanol–water partition coefficient (Wildman–Crippen LogP) is 3.12. The minimum Gasteiger partial charge on any atom is -0.350 e. The third kappa shape index (κ3) is 1.67. The van der Waals surface area contributed by atoms with Crippen molar-refractivity contribution < 1.29 is 0 Å². The zero-order chi connectivity index (χ0) is 13.7. The number of fused-ring (bicyclic) bond motifs is 3. The van der Waals surface area contributed by atoms with Crippen molar-refractivity contribution in [3.05, 3.63) is 35.7 Å². The van der Waals surface area contributed by atoms with Gasteiger partial charge in [-0.05, 0) is 39.5 Å². The molecule has 2 saturated heterocycles. The van der Waals surface area contributed by atoms with Gasteiger partial charge in [-0.1, -0.05) is 11.6 Å². The Morgan fingerprint density at radius 2 is 2.00 bits per heavy atom. The van der Waals surface area contributed by atoms with Crippen molar-refractivity contribution in [1.29, 1.82) is 0 Å². The van der Waals surface area contributed by atoms with Crippen molar-refractivity contribution >= 4 is 11.5 Å². The second kappa shape index (κ2) is 4.33. The fraction of sp³-hybridized carbons (Fsp3) is 0.500. The Labute approximate surface area is 119 Å². The van der Waals surface area contributed by atoms with Gasteiger partial charge in [0.15, 0.2) is 5.65 Å². The van der Waals surface area contributed by atoms with Crippen molar-refractivity contribution in [2.75, 3.05) is 4.90 Å². The van der Waals surface area contributed by atoms with Crippen LogP contribution in [-0.4, -0.2) is 26.7 Å². The summed E-state index contributed by atoms with van der Waals surface area (Å²) in [5.41, 5.74) is 3.65. The van der Waals surface area contributed by atoms with E-state index in [9.17, 15) is 0 Å². The number of rotatable bonds is 1. The van der Waals surface area contributed by atoms with Crippen molar-refractivity contribution in [2.45, 2.75) is 51.6 Å². The molecule has 0 saturated carbocycles. The highest BCUT2D eigenvalue weighted by atomic mass is 15.4. The van der Waals surface area contributed by atoms with Crippen LogP contribution in [0.4, 0.5) is 5.82 Å². The van der Waals surface area contributed by atoms with Crippen LogP contribution in [0.5, 0.6) is 0 Å². The lowest BCUT2D eigenvalue weighted by Crippen LogP contribution is -2.41. The highest BCUT2D eigenvalue weighted by Crippen LogP contribution is 2.41. The Bertz CT molecular complexity index is 669. The lowest BCUT2D eigenvalue weighted by Gasteiger charge is -2.38. The number of hydrogen-bond acceptors (Lipinski definition) is 3. The van der Waals surface area contributed by atoms with E-state index in [0.29, 0.717) is 12.1 Å². The highest BCUT2D eigenvalue weighted by molar-refractivity contribution is 5.54. The largest absolute Gasteiger partial charge is 0.350 e. The second-order valence-electron chi connectivity index (χ2n) is 6.00. The summed E-state index contributed by atoms with van der Waals surface area (Å²) in [7, 11) is 0. The van der Waals surface area contributed by atoms with Crippen LogP contribution >= 0.6 is 0 Å². The maximum Gasteiger partial charge on any atom is 0.157 e. The Morgan fingerprint density at radius 1 is 1.25 bits per heavy atom. The van der Waals surface area contributed by atoms with E-state index >= 15 is 0 Å². The van der Waals surface area contributed by atoms with Gasteiger partial charge in [-0.25, -0.2) is 4.98 Å². The third-order valence-corrected chi connectivity index (χ3v) is 4.76. The summed E-state index contributed by atoms with van der Waals surface area (Å²) in [6.45, 7) is 4.24. The Kier molecular flexibility index (Phi) is 2.59. The number of piperidine rings is 1. The molecule has 2 aromatic rings. The number of aryl methyl sites for hydroxylation is 1. The molecule has 4 rings (SSSR count). The summed E-state index contributed by atoms with van der Waals surface area (Å²) in [5, 5.41) is 4.47. The van der Waals surface area contributed by atoms with Gasteiger partial charge in [-0.3, -0.25) is 0 Å². The van der Waals surface area contributed by atoms with Crippen LogP contribution in [0, 0.1) is 6.92 Å². The number of anilines is 1. The summed E-state index contributed by atoms with van der Waals surface area (Å²) in [6.07, 6.45) is 9.16. The maximum atomic E-state index is 4.56. The van der Waals surface area contributed by atoms with Crippen LogP contribution in [0.3, 0.4) is 0 Å². The molecule has 0 aromatic carbocycles. The number of aromatic nitrogens is 3. The van der Waals surface area contributed by atoms with Crippen LogP contribution in [-0.2, 0) is 0 Å². The van der Waals surface area contributed by atoms with E-state index in [4.69, 9.17) is 0 Å². The molecule has 2 bridgehead atoms. The third-order valence-electron chi connectivity index (χ3n) is 4.76. The molecule has 0 spiro atoms. The van der Waals surface area contributed by atoms with Crippen molar-refractivity contribution in [3.63, 3.8) is 0 Å². The molecule has 104 valence electrons. The molecule has 4 nitrogen and oxygen atoms in total. The summed E-state index contributed by atoms with van der Waals surface area (Å²) in [5.74, 6) is 1.22. The molecule has 0 N–H and O–H groups in total.